The monoisotopic (exact) mass is 495 g/mol. The number of carbonyl (C=O) groups excluding carboxylic acids is 1. The Hall–Kier alpha value is -2.53. The summed E-state index contributed by atoms with van der Waals surface area (Å²) in [5.41, 5.74) is 0.893. The van der Waals surface area contributed by atoms with Crippen LogP contribution in [-0.4, -0.2) is 73.8 Å². The highest BCUT2D eigenvalue weighted by atomic mass is 32.2. The Morgan fingerprint density at radius 2 is 2.06 bits per heavy atom. The summed E-state index contributed by atoms with van der Waals surface area (Å²) in [7, 11) is 0. The maximum Gasteiger partial charge on any atom is 0.240 e. The summed E-state index contributed by atoms with van der Waals surface area (Å²) in [4.78, 5) is 31.8. The highest BCUT2D eigenvalue weighted by molar-refractivity contribution is 7.99. The topological polar surface area (TPSA) is 78.7 Å². The molecule has 0 aliphatic carbocycles. The first-order chi connectivity index (χ1) is 16.6. The Morgan fingerprint density at radius 1 is 1.24 bits per heavy atom. The van der Waals surface area contributed by atoms with Gasteiger partial charge >= 0.3 is 0 Å². The van der Waals surface area contributed by atoms with E-state index in [9.17, 15) is 4.79 Å². The molecule has 1 aromatic carbocycles. The van der Waals surface area contributed by atoms with Crippen molar-refractivity contribution >= 4 is 50.1 Å². The maximum atomic E-state index is 12.7. The third kappa shape index (κ3) is 5.10. The van der Waals surface area contributed by atoms with Crippen LogP contribution in [0.25, 0.3) is 16.0 Å². The first kappa shape index (κ1) is 23.2. The number of imidazole rings is 1. The highest BCUT2D eigenvalue weighted by Crippen LogP contribution is 2.33. The lowest BCUT2D eigenvalue weighted by Gasteiger charge is -2.37. The summed E-state index contributed by atoms with van der Waals surface area (Å²) in [6, 6.07) is 8.70. The van der Waals surface area contributed by atoms with E-state index < -0.39 is 0 Å². The number of hydrogen-bond acceptors (Lipinski definition) is 8. The van der Waals surface area contributed by atoms with Crippen LogP contribution < -0.4 is 5.32 Å². The first-order valence-electron chi connectivity index (χ1n) is 11.8. The average molecular weight is 496 g/mol. The molecule has 0 spiro atoms. The number of carbonyl (C=O) groups is 1. The van der Waals surface area contributed by atoms with Gasteiger partial charge in [0.25, 0.3) is 0 Å². The van der Waals surface area contributed by atoms with Crippen molar-refractivity contribution in [3.63, 3.8) is 0 Å². The van der Waals surface area contributed by atoms with Gasteiger partial charge in [-0.15, -0.1) is 0 Å². The molecule has 1 saturated heterocycles. The SMILES string of the molecule is CCN(CC)C1CCN(CC(=O)Nc2nc3ccc(Sc4cnc5ncccn45)cc3s2)CC1. The van der Waals surface area contributed by atoms with Gasteiger partial charge in [0.15, 0.2) is 5.13 Å². The van der Waals surface area contributed by atoms with E-state index in [1.54, 1.807) is 18.0 Å². The number of benzene rings is 1. The van der Waals surface area contributed by atoms with E-state index in [0.29, 0.717) is 23.5 Å². The molecule has 1 aliphatic rings. The number of anilines is 1. The van der Waals surface area contributed by atoms with Crippen molar-refractivity contribution in [2.45, 2.75) is 42.7 Å². The molecule has 0 saturated carbocycles. The highest BCUT2D eigenvalue weighted by Gasteiger charge is 2.24. The van der Waals surface area contributed by atoms with Gasteiger partial charge in [0, 0.05) is 36.4 Å². The quantitative estimate of drug-likeness (QED) is 0.392. The summed E-state index contributed by atoms with van der Waals surface area (Å²) in [5, 5.41) is 4.67. The van der Waals surface area contributed by atoms with E-state index in [1.807, 2.05) is 35.0 Å². The van der Waals surface area contributed by atoms with Crippen LogP contribution in [0.1, 0.15) is 26.7 Å². The number of piperidine rings is 1. The van der Waals surface area contributed by atoms with Crippen LogP contribution in [0.4, 0.5) is 5.13 Å². The zero-order valence-corrected chi connectivity index (χ0v) is 21.1. The third-order valence-electron chi connectivity index (χ3n) is 6.34. The fraction of sp³-hybridized carbons (Fsp3) is 0.417. The number of aromatic nitrogens is 4. The van der Waals surface area contributed by atoms with Crippen molar-refractivity contribution in [3.05, 3.63) is 42.9 Å². The lowest BCUT2D eigenvalue weighted by molar-refractivity contribution is -0.117. The summed E-state index contributed by atoms with van der Waals surface area (Å²) in [6.07, 6.45) is 7.78. The van der Waals surface area contributed by atoms with Crippen LogP contribution in [0.5, 0.6) is 0 Å². The molecule has 8 nitrogen and oxygen atoms in total. The first-order valence-corrected chi connectivity index (χ1v) is 13.4. The number of hydrogen-bond donors (Lipinski definition) is 1. The third-order valence-corrected chi connectivity index (χ3v) is 8.27. The van der Waals surface area contributed by atoms with Crippen molar-refractivity contribution in [2.75, 3.05) is 38.0 Å². The van der Waals surface area contributed by atoms with Gasteiger partial charge in [-0.1, -0.05) is 36.9 Å². The van der Waals surface area contributed by atoms with Gasteiger partial charge in [-0.2, -0.15) is 0 Å². The fourth-order valence-corrected chi connectivity index (χ4v) is 6.47. The molecule has 3 aromatic heterocycles. The Kier molecular flexibility index (Phi) is 7.10. The second-order valence-electron chi connectivity index (χ2n) is 8.41. The molecule has 34 heavy (non-hydrogen) atoms. The number of likely N-dealkylation sites (tertiary alicyclic amines) is 1. The standard InChI is InChI=1S/C24H29N7OS2/c1-3-30(4-2)17-8-12-29(13-9-17)16-21(32)28-24-27-19-7-6-18(14-20(19)34-24)33-22-15-26-23-25-10-5-11-31(22)23/h5-7,10-11,14-15,17H,3-4,8-9,12-13,16H2,1-2H3,(H,27,28,32). The van der Waals surface area contributed by atoms with E-state index >= 15 is 0 Å². The molecule has 0 atom stereocenters. The molecular weight excluding hydrogens is 466 g/mol. The van der Waals surface area contributed by atoms with Crippen molar-refractivity contribution in [3.8, 4) is 0 Å². The molecule has 10 heteroatoms. The Balaban J connectivity index is 1.19. The minimum absolute atomic E-state index is 0.00757. The summed E-state index contributed by atoms with van der Waals surface area (Å²) >= 11 is 3.14. The Labute approximate surface area is 207 Å². The average Bonchev–Trinajstić information content (AvgIpc) is 3.44. The van der Waals surface area contributed by atoms with Crippen LogP contribution in [0, 0.1) is 0 Å². The Morgan fingerprint density at radius 3 is 2.85 bits per heavy atom. The van der Waals surface area contributed by atoms with Gasteiger partial charge < -0.3 is 10.2 Å². The van der Waals surface area contributed by atoms with Gasteiger partial charge in [-0.25, -0.2) is 15.0 Å². The molecular formula is C24H29N7OS2. The summed E-state index contributed by atoms with van der Waals surface area (Å²) in [6.45, 7) is 8.98. The normalized spacial score (nSPS) is 15.5. The van der Waals surface area contributed by atoms with Crippen LogP contribution in [-0.2, 0) is 4.79 Å². The van der Waals surface area contributed by atoms with Gasteiger partial charge in [-0.3, -0.25) is 14.1 Å². The molecule has 4 heterocycles. The van der Waals surface area contributed by atoms with Gasteiger partial charge in [0.2, 0.25) is 11.7 Å². The summed E-state index contributed by atoms with van der Waals surface area (Å²) < 4.78 is 3.02. The number of thiazole rings is 1. The van der Waals surface area contributed by atoms with Gasteiger partial charge in [-0.05, 0) is 50.2 Å². The van der Waals surface area contributed by atoms with E-state index in [0.717, 1.165) is 59.2 Å². The zero-order valence-electron chi connectivity index (χ0n) is 19.5. The predicted molar refractivity (Wildman–Crippen MR) is 138 cm³/mol. The van der Waals surface area contributed by atoms with Crippen LogP contribution in [0.3, 0.4) is 0 Å². The largest absolute Gasteiger partial charge is 0.301 e. The second-order valence-corrected chi connectivity index (χ2v) is 10.5. The number of fused-ring (bicyclic) bond motifs is 2. The lowest BCUT2D eigenvalue weighted by atomic mass is 10.0. The van der Waals surface area contributed by atoms with E-state index in [4.69, 9.17) is 0 Å². The summed E-state index contributed by atoms with van der Waals surface area (Å²) in [5.74, 6) is 0.694. The van der Waals surface area contributed by atoms with Crippen LogP contribution in [0.15, 0.2) is 52.8 Å². The van der Waals surface area contributed by atoms with E-state index in [1.165, 1.54) is 11.3 Å². The molecule has 1 aliphatic heterocycles. The van der Waals surface area contributed by atoms with E-state index in [2.05, 4.69) is 50.0 Å². The van der Waals surface area contributed by atoms with Crippen molar-refractivity contribution in [1.29, 1.82) is 0 Å². The predicted octanol–water partition coefficient (Wildman–Crippen LogP) is 4.23. The molecule has 178 valence electrons. The number of rotatable bonds is 8. The molecule has 0 unspecified atom stereocenters. The smallest absolute Gasteiger partial charge is 0.240 e. The molecule has 1 fully saturated rings. The minimum Gasteiger partial charge on any atom is -0.301 e. The van der Waals surface area contributed by atoms with Crippen molar-refractivity contribution < 1.29 is 4.79 Å². The molecule has 0 bridgehead atoms. The molecule has 4 aromatic rings. The van der Waals surface area contributed by atoms with E-state index in [-0.39, 0.29) is 5.91 Å². The van der Waals surface area contributed by atoms with Crippen molar-refractivity contribution in [2.24, 2.45) is 0 Å². The number of amides is 1. The minimum atomic E-state index is 0.00757. The van der Waals surface area contributed by atoms with Crippen LogP contribution >= 0.6 is 23.1 Å². The van der Waals surface area contributed by atoms with Gasteiger partial charge in [0.05, 0.1) is 23.0 Å². The van der Waals surface area contributed by atoms with Crippen molar-refractivity contribution in [1.82, 2.24) is 29.2 Å². The lowest BCUT2D eigenvalue weighted by Crippen LogP contribution is -2.46. The molecule has 0 radical (unpaired) electrons. The maximum absolute atomic E-state index is 12.7. The molecule has 5 rings (SSSR count). The molecule has 1 amide bonds. The van der Waals surface area contributed by atoms with Gasteiger partial charge in [0.1, 0.15) is 5.03 Å². The number of nitrogens with one attached hydrogen (secondary N) is 1. The Bertz CT molecular complexity index is 1270. The van der Waals surface area contributed by atoms with Crippen LogP contribution in [0.2, 0.25) is 0 Å². The second kappa shape index (κ2) is 10.4. The number of nitrogens with zero attached hydrogens (tertiary/aromatic N) is 6. The zero-order chi connectivity index (χ0) is 23.5. The fourth-order valence-electron chi connectivity index (χ4n) is 4.57. The molecule has 1 N–H and O–H groups in total.